The van der Waals surface area contributed by atoms with Crippen LogP contribution in [0.1, 0.15) is 13.3 Å². The quantitative estimate of drug-likeness (QED) is 0.732. The monoisotopic (exact) mass is 218 g/mol. The molecule has 1 heterocycles. The fraction of sp³-hybridized carbons (Fsp3) is 0.250. The predicted octanol–water partition coefficient (Wildman–Crippen LogP) is 3.37. The van der Waals surface area contributed by atoms with Gasteiger partial charge in [0.2, 0.25) is 0 Å². The zero-order valence-corrected chi connectivity index (χ0v) is 9.57. The fourth-order valence-electron chi connectivity index (χ4n) is 1.35. The van der Waals surface area contributed by atoms with Crippen molar-refractivity contribution < 1.29 is 0 Å². The minimum Gasteiger partial charge on any atom is -0.306 e. The van der Waals surface area contributed by atoms with E-state index in [1.807, 2.05) is 28.9 Å². The van der Waals surface area contributed by atoms with Crippen LogP contribution in [0.5, 0.6) is 0 Å². The Balaban J connectivity index is 2.11. The Morgan fingerprint density at radius 2 is 2.07 bits per heavy atom. The molecule has 3 heteroatoms. The number of hydrogen-bond donors (Lipinski definition) is 0. The third-order valence-corrected chi connectivity index (χ3v) is 3.33. The van der Waals surface area contributed by atoms with Gasteiger partial charge >= 0.3 is 0 Å². The van der Waals surface area contributed by atoms with Crippen molar-refractivity contribution in [1.29, 1.82) is 0 Å². The third kappa shape index (κ3) is 2.63. The van der Waals surface area contributed by atoms with Crippen LogP contribution in [0.15, 0.2) is 47.9 Å². The topological polar surface area (TPSA) is 17.8 Å². The van der Waals surface area contributed by atoms with Crippen molar-refractivity contribution >= 4 is 11.8 Å². The molecule has 1 aromatic heterocycles. The van der Waals surface area contributed by atoms with Crippen molar-refractivity contribution in [3.63, 3.8) is 0 Å². The molecule has 78 valence electrons. The number of imidazole rings is 1. The molecule has 0 fully saturated rings. The van der Waals surface area contributed by atoms with Crippen LogP contribution in [0.3, 0.4) is 0 Å². The minimum atomic E-state index is 1.16. The first kappa shape index (κ1) is 10.3. The number of thioether (sulfide) groups is 1. The van der Waals surface area contributed by atoms with Gasteiger partial charge < -0.3 is 4.57 Å². The lowest BCUT2D eigenvalue weighted by atomic mass is 10.3. The molecule has 0 spiro atoms. The Morgan fingerprint density at radius 1 is 1.27 bits per heavy atom. The molecule has 0 amide bonds. The van der Waals surface area contributed by atoms with Crippen molar-refractivity contribution in [2.45, 2.75) is 18.2 Å². The van der Waals surface area contributed by atoms with E-state index >= 15 is 0 Å². The van der Waals surface area contributed by atoms with Gasteiger partial charge in [0.05, 0.1) is 6.33 Å². The summed E-state index contributed by atoms with van der Waals surface area (Å²) in [6, 6.07) is 8.57. The van der Waals surface area contributed by atoms with Crippen molar-refractivity contribution in [3.8, 4) is 5.69 Å². The van der Waals surface area contributed by atoms with Gasteiger partial charge in [-0.25, -0.2) is 4.98 Å². The molecule has 0 aliphatic heterocycles. The second kappa shape index (κ2) is 5.03. The molecule has 0 radical (unpaired) electrons. The number of benzene rings is 1. The van der Waals surface area contributed by atoms with Crippen LogP contribution in [0.4, 0.5) is 0 Å². The standard InChI is InChI=1S/C12H14N2S/c1-2-9-15-12-5-3-11(4-6-12)14-8-7-13-10-14/h3-8,10H,2,9H2,1H3. The van der Waals surface area contributed by atoms with E-state index in [4.69, 9.17) is 0 Å². The van der Waals surface area contributed by atoms with E-state index in [0.29, 0.717) is 0 Å². The molecule has 15 heavy (non-hydrogen) atoms. The molecule has 0 aliphatic rings. The maximum absolute atomic E-state index is 4.03. The van der Waals surface area contributed by atoms with Crippen LogP contribution in [-0.2, 0) is 0 Å². The van der Waals surface area contributed by atoms with Gasteiger partial charge in [0.15, 0.2) is 0 Å². The van der Waals surface area contributed by atoms with Crippen LogP contribution < -0.4 is 0 Å². The number of aromatic nitrogens is 2. The van der Waals surface area contributed by atoms with Gasteiger partial charge in [-0.05, 0) is 36.4 Å². The van der Waals surface area contributed by atoms with E-state index in [1.54, 1.807) is 6.20 Å². The normalized spacial score (nSPS) is 10.5. The molecule has 0 saturated carbocycles. The Morgan fingerprint density at radius 3 is 2.67 bits per heavy atom. The summed E-state index contributed by atoms with van der Waals surface area (Å²) in [5.41, 5.74) is 1.16. The Bertz CT molecular complexity index is 392. The van der Waals surface area contributed by atoms with Gasteiger partial charge in [-0.1, -0.05) is 6.92 Å². The molecule has 0 N–H and O–H groups in total. The highest BCUT2D eigenvalue weighted by Gasteiger charge is 1.96. The minimum absolute atomic E-state index is 1.16. The fourth-order valence-corrected chi connectivity index (χ4v) is 2.11. The molecule has 2 rings (SSSR count). The number of rotatable bonds is 4. The van der Waals surface area contributed by atoms with E-state index in [2.05, 4.69) is 36.2 Å². The van der Waals surface area contributed by atoms with Gasteiger partial charge in [0.25, 0.3) is 0 Å². The highest BCUT2D eigenvalue weighted by molar-refractivity contribution is 7.99. The molecule has 2 nitrogen and oxygen atoms in total. The van der Waals surface area contributed by atoms with Gasteiger partial charge in [0.1, 0.15) is 0 Å². The summed E-state index contributed by atoms with van der Waals surface area (Å²) < 4.78 is 2.01. The van der Waals surface area contributed by atoms with Crippen LogP contribution >= 0.6 is 11.8 Å². The summed E-state index contributed by atoms with van der Waals surface area (Å²) in [5, 5.41) is 0. The molecule has 0 bridgehead atoms. The summed E-state index contributed by atoms with van der Waals surface area (Å²) in [5.74, 6) is 1.18. The van der Waals surface area contributed by atoms with Crippen LogP contribution in [-0.4, -0.2) is 15.3 Å². The predicted molar refractivity (Wildman–Crippen MR) is 64.6 cm³/mol. The Labute approximate surface area is 94.3 Å². The summed E-state index contributed by atoms with van der Waals surface area (Å²) >= 11 is 1.90. The maximum atomic E-state index is 4.03. The Kier molecular flexibility index (Phi) is 3.45. The first-order chi connectivity index (χ1) is 7.40. The van der Waals surface area contributed by atoms with Gasteiger partial charge in [-0.2, -0.15) is 0 Å². The first-order valence-electron chi connectivity index (χ1n) is 5.11. The van der Waals surface area contributed by atoms with Gasteiger partial charge in [-0.15, -0.1) is 11.8 Å². The van der Waals surface area contributed by atoms with Crippen LogP contribution in [0, 0.1) is 0 Å². The highest BCUT2D eigenvalue weighted by Crippen LogP contribution is 2.20. The van der Waals surface area contributed by atoms with Crippen molar-refractivity contribution in [3.05, 3.63) is 43.0 Å². The molecular formula is C12H14N2S. The van der Waals surface area contributed by atoms with Crippen molar-refractivity contribution in [2.24, 2.45) is 0 Å². The summed E-state index contributed by atoms with van der Waals surface area (Å²) in [6.45, 7) is 2.20. The smallest absolute Gasteiger partial charge is 0.0991 e. The van der Waals surface area contributed by atoms with E-state index in [9.17, 15) is 0 Å². The summed E-state index contributed by atoms with van der Waals surface area (Å²) in [7, 11) is 0. The van der Waals surface area contributed by atoms with E-state index in [0.717, 1.165) is 5.69 Å². The lowest BCUT2D eigenvalue weighted by Gasteiger charge is -2.03. The zero-order chi connectivity index (χ0) is 10.5. The zero-order valence-electron chi connectivity index (χ0n) is 8.76. The Hall–Kier alpha value is -1.22. The third-order valence-electron chi connectivity index (χ3n) is 2.11. The maximum Gasteiger partial charge on any atom is 0.0991 e. The van der Waals surface area contributed by atoms with E-state index in [-0.39, 0.29) is 0 Å². The molecule has 0 aliphatic carbocycles. The molecule has 1 aromatic carbocycles. The summed E-state index contributed by atoms with van der Waals surface area (Å²) in [6.07, 6.45) is 6.77. The van der Waals surface area contributed by atoms with Gasteiger partial charge in [0, 0.05) is 23.0 Å². The largest absolute Gasteiger partial charge is 0.306 e. The van der Waals surface area contributed by atoms with Crippen LogP contribution in [0.2, 0.25) is 0 Å². The second-order valence-corrected chi connectivity index (χ2v) is 4.48. The first-order valence-corrected chi connectivity index (χ1v) is 6.10. The lowest BCUT2D eigenvalue weighted by Crippen LogP contribution is -1.88. The SMILES string of the molecule is CCCSc1ccc(-n2ccnc2)cc1. The van der Waals surface area contributed by atoms with Crippen LogP contribution in [0.25, 0.3) is 5.69 Å². The molecule has 2 aromatic rings. The average molecular weight is 218 g/mol. The van der Waals surface area contributed by atoms with E-state index in [1.165, 1.54) is 17.1 Å². The molecule has 0 saturated heterocycles. The van der Waals surface area contributed by atoms with E-state index < -0.39 is 0 Å². The lowest BCUT2D eigenvalue weighted by molar-refractivity contribution is 1.05. The van der Waals surface area contributed by atoms with Crippen molar-refractivity contribution in [1.82, 2.24) is 9.55 Å². The average Bonchev–Trinajstić information content (AvgIpc) is 2.80. The number of nitrogens with zero attached hydrogens (tertiary/aromatic N) is 2. The molecule has 0 atom stereocenters. The molecule has 0 unspecified atom stereocenters. The summed E-state index contributed by atoms with van der Waals surface area (Å²) in [4.78, 5) is 5.36. The van der Waals surface area contributed by atoms with Gasteiger partial charge in [-0.3, -0.25) is 0 Å². The highest BCUT2D eigenvalue weighted by atomic mass is 32.2. The van der Waals surface area contributed by atoms with Crippen molar-refractivity contribution in [2.75, 3.05) is 5.75 Å². The number of hydrogen-bond acceptors (Lipinski definition) is 2. The second-order valence-electron chi connectivity index (χ2n) is 3.31. The molecular weight excluding hydrogens is 204 g/mol.